The van der Waals surface area contributed by atoms with E-state index in [9.17, 15) is 19.0 Å². The van der Waals surface area contributed by atoms with Crippen LogP contribution in [0.1, 0.15) is 374 Å². The van der Waals surface area contributed by atoms with E-state index in [0.717, 1.165) is 57.8 Å². The lowest BCUT2D eigenvalue weighted by Gasteiger charge is -2.30. The highest BCUT2D eigenvalue weighted by atomic mass is 31.2. The topological polar surface area (TPSA) is 114 Å². The second-order valence-electron chi connectivity index (χ2n) is 26.4. The molecule has 0 aliphatic rings. The lowest BCUT2D eigenvalue weighted by atomic mass is 10.0. The van der Waals surface area contributed by atoms with Gasteiger partial charge in [-0.25, -0.2) is 0 Å². The quantitative estimate of drug-likeness (QED) is 0.0212. The van der Waals surface area contributed by atoms with Gasteiger partial charge in [0, 0.05) is 12.8 Å². The van der Waals surface area contributed by atoms with Gasteiger partial charge in [-0.15, -0.1) is 0 Å². The summed E-state index contributed by atoms with van der Waals surface area (Å²) in [6, 6.07) is -0.886. The number of carbonyl (C=O) groups excluding carboxylic acids is 2. The van der Waals surface area contributed by atoms with Crippen molar-refractivity contribution >= 4 is 19.7 Å². The predicted octanol–water partition coefficient (Wildman–Crippen LogP) is 22.8. The molecule has 10 heteroatoms. The lowest BCUT2D eigenvalue weighted by Crippen LogP contribution is -2.47. The van der Waals surface area contributed by atoms with E-state index in [1.165, 1.54) is 283 Å². The highest BCUT2D eigenvalue weighted by Gasteiger charge is 2.27. The minimum atomic E-state index is -4.70. The van der Waals surface area contributed by atoms with Crippen LogP contribution in [-0.4, -0.2) is 69.4 Å². The molecule has 0 spiro atoms. The lowest BCUT2D eigenvalue weighted by molar-refractivity contribution is -0.870. The van der Waals surface area contributed by atoms with Gasteiger partial charge in [-0.2, -0.15) is 0 Å². The van der Waals surface area contributed by atoms with E-state index in [4.69, 9.17) is 13.8 Å². The Bertz CT molecular complexity index is 1530. The first kappa shape index (κ1) is 82.2. The van der Waals surface area contributed by atoms with Crippen molar-refractivity contribution in [3.8, 4) is 0 Å². The zero-order chi connectivity index (χ0) is 61.4. The number of rotatable bonds is 68. The number of esters is 1. The van der Waals surface area contributed by atoms with Crippen molar-refractivity contribution in [2.75, 3.05) is 40.9 Å². The summed E-state index contributed by atoms with van der Waals surface area (Å²) in [6.45, 7) is 6.89. The van der Waals surface area contributed by atoms with Crippen molar-refractivity contribution in [1.82, 2.24) is 5.32 Å². The summed E-state index contributed by atoms with van der Waals surface area (Å²) in [6.07, 6.45) is 79.9. The number of quaternary nitrogens is 1. The average molecular weight is 1200 g/mol. The number of phosphoric acid groups is 1. The van der Waals surface area contributed by atoms with Crippen molar-refractivity contribution in [3.63, 3.8) is 0 Å². The van der Waals surface area contributed by atoms with Gasteiger partial charge in [0.05, 0.1) is 33.8 Å². The van der Waals surface area contributed by atoms with Gasteiger partial charge in [-0.05, 0) is 83.1 Å². The molecule has 1 N–H and O–H groups in total. The Kier molecular flexibility index (Phi) is 62.9. The van der Waals surface area contributed by atoms with Crippen LogP contribution in [0.3, 0.4) is 0 Å². The maximum absolute atomic E-state index is 13.6. The number of likely N-dealkylation sites (N-methyl/N-ethyl adjacent to an activating group) is 1. The Morgan fingerprint density at radius 2 is 0.690 bits per heavy atom. The molecule has 0 radical (unpaired) electrons. The number of nitrogens with one attached hydrogen (secondary N) is 1. The van der Waals surface area contributed by atoms with Gasteiger partial charge in [-0.1, -0.05) is 314 Å². The zero-order valence-electron chi connectivity index (χ0n) is 56.9. The van der Waals surface area contributed by atoms with Crippen molar-refractivity contribution in [1.29, 1.82) is 0 Å². The van der Waals surface area contributed by atoms with Crippen LogP contribution in [0.2, 0.25) is 0 Å². The Balaban J connectivity index is 4.97. The predicted molar refractivity (Wildman–Crippen MR) is 363 cm³/mol. The Morgan fingerprint density at radius 1 is 0.405 bits per heavy atom. The molecular weight excluding hydrogens is 1060 g/mol. The molecule has 3 unspecified atom stereocenters. The summed E-state index contributed by atoms with van der Waals surface area (Å²) in [5, 5.41) is 3.05. The number of amides is 1. The van der Waals surface area contributed by atoms with Crippen molar-refractivity contribution in [2.24, 2.45) is 0 Å². The van der Waals surface area contributed by atoms with E-state index < -0.39 is 20.0 Å². The van der Waals surface area contributed by atoms with Gasteiger partial charge in [0.25, 0.3) is 7.82 Å². The number of hydrogen-bond acceptors (Lipinski definition) is 7. The third-order valence-electron chi connectivity index (χ3n) is 16.8. The van der Waals surface area contributed by atoms with Crippen LogP contribution in [0.25, 0.3) is 0 Å². The molecule has 0 heterocycles. The molecule has 84 heavy (non-hydrogen) atoms. The fourth-order valence-corrected chi connectivity index (χ4v) is 11.8. The maximum atomic E-state index is 13.6. The third kappa shape index (κ3) is 64.7. The van der Waals surface area contributed by atoms with E-state index in [2.05, 4.69) is 50.4 Å². The van der Waals surface area contributed by atoms with Gasteiger partial charge in [0.1, 0.15) is 19.3 Å². The van der Waals surface area contributed by atoms with Crippen molar-refractivity contribution in [2.45, 2.75) is 386 Å². The molecule has 0 bridgehead atoms. The first-order chi connectivity index (χ1) is 40.9. The van der Waals surface area contributed by atoms with E-state index in [-0.39, 0.29) is 31.5 Å². The number of phosphoric ester groups is 1. The van der Waals surface area contributed by atoms with E-state index in [0.29, 0.717) is 17.4 Å². The first-order valence-corrected chi connectivity index (χ1v) is 38.3. The number of nitrogens with zero attached hydrogens (tertiary/aromatic N) is 1. The van der Waals surface area contributed by atoms with Crippen LogP contribution in [0.5, 0.6) is 0 Å². The first-order valence-electron chi connectivity index (χ1n) is 36.8. The number of carbonyl (C=O) groups is 2. The summed E-state index contributed by atoms with van der Waals surface area (Å²) in [5.74, 6) is -0.523. The summed E-state index contributed by atoms with van der Waals surface area (Å²) >= 11 is 0. The molecule has 0 aromatic carbocycles. The summed E-state index contributed by atoms with van der Waals surface area (Å²) < 4.78 is 30.5. The number of hydrogen-bond donors (Lipinski definition) is 1. The Hall–Kier alpha value is -1.77. The minimum absolute atomic E-state index is 0.0197. The SMILES string of the molecule is CCCCCCCC/C=C/CCCCCCCCCCCCCCCCCCCC(=O)NC(COP(=O)([O-])OCC[N+](C)(C)C)C(/C=C\CCCCCCCCCCCC)OC(=O)CCCCCCCCCCC/C=C/CCCCCCCC. The van der Waals surface area contributed by atoms with Crippen LogP contribution >= 0.6 is 7.82 Å². The molecule has 0 fully saturated rings. The maximum Gasteiger partial charge on any atom is 0.306 e. The summed E-state index contributed by atoms with van der Waals surface area (Å²) in [4.78, 5) is 40.2. The Labute approximate surface area is 523 Å². The van der Waals surface area contributed by atoms with Crippen LogP contribution in [-0.2, 0) is 27.9 Å². The standard InChI is InChI=1S/C74H143N2O7P/c1-7-10-13-16-19-22-25-28-30-32-34-35-36-37-38-39-40-41-43-44-46-48-51-54-57-60-63-66-73(77)75-71(70-82-84(79,80)81-69-68-76(4,5)6)72(65-62-59-56-53-50-27-24-21-18-15-12-9-3)83-74(78)67-64-61-58-55-52-49-47-45-42-33-31-29-26-23-20-17-14-11-8-2/h28-31,62,65,71-72H,7-27,32-61,63-64,66-70H2,1-6H3,(H-,75,77,79,80)/b30-28+,31-29+,65-62-. The summed E-state index contributed by atoms with van der Waals surface area (Å²) in [5.41, 5.74) is 0. The molecular formula is C74H143N2O7P. The molecule has 0 aromatic rings. The molecule has 0 saturated heterocycles. The third-order valence-corrected chi connectivity index (χ3v) is 17.8. The highest BCUT2D eigenvalue weighted by molar-refractivity contribution is 7.45. The fraction of sp³-hybridized carbons (Fsp3) is 0.892. The van der Waals surface area contributed by atoms with Crippen LogP contribution in [0.4, 0.5) is 0 Å². The van der Waals surface area contributed by atoms with Crippen LogP contribution in [0, 0.1) is 0 Å². The number of allylic oxidation sites excluding steroid dienone is 5. The van der Waals surface area contributed by atoms with E-state index in [1.54, 1.807) is 0 Å². The molecule has 0 aliphatic heterocycles. The molecule has 0 aromatic heterocycles. The number of unbranched alkanes of at least 4 members (excludes halogenated alkanes) is 48. The van der Waals surface area contributed by atoms with Gasteiger partial charge >= 0.3 is 5.97 Å². The summed E-state index contributed by atoms with van der Waals surface area (Å²) in [7, 11) is 1.20. The van der Waals surface area contributed by atoms with Crippen LogP contribution in [0.15, 0.2) is 36.5 Å². The fourth-order valence-electron chi connectivity index (χ4n) is 11.1. The van der Waals surface area contributed by atoms with Gasteiger partial charge in [-0.3, -0.25) is 14.2 Å². The minimum Gasteiger partial charge on any atom is -0.756 e. The van der Waals surface area contributed by atoms with Crippen molar-refractivity contribution < 1.29 is 37.3 Å². The van der Waals surface area contributed by atoms with E-state index >= 15 is 0 Å². The second kappa shape index (κ2) is 64.2. The monoisotopic (exact) mass is 1200 g/mol. The molecule has 0 saturated carbocycles. The van der Waals surface area contributed by atoms with Gasteiger partial charge < -0.3 is 28.5 Å². The molecule has 0 rings (SSSR count). The van der Waals surface area contributed by atoms with Gasteiger partial charge in [0.15, 0.2) is 0 Å². The normalized spacial score (nSPS) is 13.7. The van der Waals surface area contributed by atoms with E-state index in [1.807, 2.05) is 33.3 Å². The Morgan fingerprint density at radius 3 is 1.01 bits per heavy atom. The molecule has 3 atom stereocenters. The second-order valence-corrected chi connectivity index (χ2v) is 27.9. The molecule has 9 nitrogen and oxygen atoms in total. The largest absolute Gasteiger partial charge is 0.756 e. The van der Waals surface area contributed by atoms with Crippen molar-refractivity contribution in [3.05, 3.63) is 36.5 Å². The number of ether oxygens (including phenoxy) is 1. The smallest absolute Gasteiger partial charge is 0.306 e. The van der Waals surface area contributed by atoms with Crippen LogP contribution < -0.4 is 10.2 Å². The molecule has 0 aliphatic carbocycles. The molecule has 496 valence electrons. The average Bonchev–Trinajstić information content (AvgIpc) is 3.64. The zero-order valence-corrected chi connectivity index (χ0v) is 57.8. The van der Waals surface area contributed by atoms with Gasteiger partial charge in [0.2, 0.25) is 5.91 Å². The highest BCUT2D eigenvalue weighted by Crippen LogP contribution is 2.38. The molecule has 1 amide bonds.